The Morgan fingerprint density at radius 3 is 2.58 bits per heavy atom. The van der Waals surface area contributed by atoms with Gasteiger partial charge in [0.2, 0.25) is 0 Å². The van der Waals surface area contributed by atoms with Gasteiger partial charge in [-0.05, 0) is 56.9 Å². The first-order valence-corrected chi connectivity index (χ1v) is 6.94. The topological polar surface area (TPSA) is 0 Å². The maximum absolute atomic E-state index is 3.71. The molecule has 0 amide bonds. The molecule has 0 bridgehead atoms. The van der Waals surface area contributed by atoms with Crippen molar-refractivity contribution >= 4 is 0 Å². The molecule has 0 aliphatic rings. The molecule has 0 aromatic heterocycles. The van der Waals surface area contributed by atoms with E-state index in [1.165, 1.54) is 12.8 Å². The number of rotatable bonds is 8. The molecule has 0 unspecified atom stereocenters. The average molecular weight is 252 g/mol. The molecular formula is C19H24. The molecule has 0 aromatic carbocycles. The van der Waals surface area contributed by atoms with Crippen LogP contribution in [0, 0.1) is 23.7 Å². The summed E-state index contributed by atoms with van der Waals surface area (Å²) < 4.78 is 0. The van der Waals surface area contributed by atoms with Crippen LogP contribution in [0.15, 0.2) is 49.1 Å². The van der Waals surface area contributed by atoms with Crippen molar-refractivity contribution in [3.63, 3.8) is 0 Å². The molecule has 0 N–H and O–H groups in total. The van der Waals surface area contributed by atoms with Crippen molar-refractivity contribution in [2.45, 2.75) is 45.4 Å². The molecule has 0 aromatic rings. The molecule has 100 valence electrons. The molecule has 0 spiro atoms. The van der Waals surface area contributed by atoms with Crippen LogP contribution in [-0.2, 0) is 0 Å². The maximum atomic E-state index is 3.71. The molecule has 0 aliphatic carbocycles. The van der Waals surface area contributed by atoms with Crippen LogP contribution >= 0.6 is 0 Å². The highest BCUT2D eigenvalue weighted by molar-refractivity contribution is 5.31. The highest BCUT2D eigenvalue weighted by Crippen LogP contribution is 2.00. The van der Waals surface area contributed by atoms with Gasteiger partial charge in [-0.3, -0.25) is 0 Å². The lowest BCUT2D eigenvalue weighted by Crippen LogP contribution is -1.70. The lowest BCUT2D eigenvalue weighted by molar-refractivity contribution is 0.763. The van der Waals surface area contributed by atoms with E-state index in [0.717, 1.165) is 25.7 Å². The summed E-state index contributed by atoms with van der Waals surface area (Å²) in [7, 11) is 0. The minimum atomic E-state index is 0.882. The highest BCUT2D eigenvalue weighted by atomic mass is 13.9. The van der Waals surface area contributed by atoms with Crippen molar-refractivity contribution in [2.75, 3.05) is 0 Å². The van der Waals surface area contributed by atoms with E-state index in [2.05, 4.69) is 42.4 Å². The first kappa shape index (κ1) is 17.1. The molecule has 19 heavy (non-hydrogen) atoms. The third-order valence-electron chi connectivity index (χ3n) is 2.35. The highest BCUT2D eigenvalue weighted by Gasteiger charge is 1.80. The number of allylic oxidation sites excluding steroid dienone is 7. The fraction of sp³-hybridized carbons (Fsp3) is 0.368. The zero-order valence-electron chi connectivity index (χ0n) is 12.0. The van der Waals surface area contributed by atoms with E-state index in [9.17, 15) is 0 Å². The van der Waals surface area contributed by atoms with Crippen LogP contribution in [0.4, 0.5) is 0 Å². The second-order valence-electron chi connectivity index (χ2n) is 4.04. The average Bonchev–Trinajstić information content (AvgIpc) is 2.43. The Hall–Kier alpha value is -1.92. The Kier molecular flexibility index (Phi) is 14.5. The van der Waals surface area contributed by atoms with Gasteiger partial charge < -0.3 is 0 Å². The Morgan fingerprint density at radius 2 is 1.79 bits per heavy atom. The standard InChI is InChI=1S/C19H24/c1-3-5-7-9-11-13-15-17-19-18-16-14-12-10-8-6-4-2/h3-4,6,13,15,17,19H,1,5,7-11H2,2H3. The minimum Gasteiger partial charge on any atom is -0.103 e. The Bertz CT molecular complexity index is 410. The third kappa shape index (κ3) is 16.1. The van der Waals surface area contributed by atoms with E-state index in [4.69, 9.17) is 0 Å². The van der Waals surface area contributed by atoms with Crippen LogP contribution in [0.5, 0.6) is 0 Å². The number of hydrogen-bond acceptors (Lipinski definition) is 0. The molecule has 0 fully saturated rings. The van der Waals surface area contributed by atoms with Crippen LogP contribution in [-0.4, -0.2) is 0 Å². The van der Waals surface area contributed by atoms with Crippen molar-refractivity contribution in [2.24, 2.45) is 0 Å². The summed E-state index contributed by atoms with van der Waals surface area (Å²) in [5, 5.41) is 0. The molecule has 0 rings (SSSR count). The summed E-state index contributed by atoms with van der Waals surface area (Å²) in [5.74, 6) is 11.6. The van der Waals surface area contributed by atoms with Gasteiger partial charge in [-0.25, -0.2) is 0 Å². The van der Waals surface area contributed by atoms with Crippen LogP contribution < -0.4 is 0 Å². The zero-order chi connectivity index (χ0) is 14.0. The summed E-state index contributed by atoms with van der Waals surface area (Å²) in [6.45, 7) is 5.72. The van der Waals surface area contributed by atoms with E-state index in [1.807, 2.05) is 37.3 Å². The molecular weight excluding hydrogens is 228 g/mol. The lowest BCUT2D eigenvalue weighted by Gasteiger charge is -1.90. The van der Waals surface area contributed by atoms with Gasteiger partial charge in [0.15, 0.2) is 0 Å². The van der Waals surface area contributed by atoms with Crippen LogP contribution in [0.3, 0.4) is 0 Å². The zero-order valence-corrected chi connectivity index (χ0v) is 12.0. The monoisotopic (exact) mass is 252 g/mol. The molecule has 0 saturated carbocycles. The molecule has 0 saturated heterocycles. The van der Waals surface area contributed by atoms with Gasteiger partial charge in [0.25, 0.3) is 0 Å². The molecule has 0 atom stereocenters. The predicted octanol–water partition coefficient (Wildman–Crippen LogP) is 5.21. The first-order valence-electron chi connectivity index (χ1n) is 6.94. The summed E-state index contributed by atoms with van der Waals surface area (Å²) >= 11 is 0. The van der Waals surface area contributed by atoms with Gasteiger partial charge in [0.1, 0.15) is 0 Å². The van der Waals surface area contributed by atoms with Crippen LogP contribution in [0.25, 0.3) is 0 Å². The van der Waals surface area contributed by atoms with Gasteiger partial charge >= 0.3 is 0 Å². The fourth-order valence-electron chi connectivity index (χ4n) is 1.34. The maximum Gasteiger partial charge on any atom is 0.0133 e. The van der Waals surface area contributed by atoms with Gasteiger partial charge in [-0.1, -0.05) is 48.3 Å². The van der Waals surface area contributed by atoms with Gasteiger partial charge in [0.05, 0.1) is 0 Å². The van der Waals surface area contributed by atoms with Gasteiger partial charge in [0, 0.05) is 6.42 Å². The molecule has 0 radical (unpaired) electrons. The largest absolute Gasteiger partial charge is 0.103 e. The normalized spacial score (nSPS) is 10.4. The molecule has 0 nitrogen and oxygen atoms in total. The van der Waals surface area contributed by atoms with E-state index in [1.54, 1.807) is 0 Å². The number of hydrogen-bond donors (Lipinski definition) is 0. The minimum absolute atomic E-state index is 0.882. The van der Waals surface area contributed by atoms with Crippen LogP contribution in [0.1, 0.15) is 45.4 Å². The molecule has 0 heteroatoms. The molecule has 0 aliphatic heterocycles. The quantitative estimate of drug-likeness (QED) is 0.241. The second-order valence-corrected chi connectivity index (χ2v) is 4.04. The third-order valence-corrected chi connectivity index (χ3v) is 2.35. The van der Waals surface area contributed by atoms with Crippen molar-refractivity contribution < 1.29 is 0 Å². The van der Waals surface area contributed by atoms with Gasteiger partial charge in [-0.2, -0.15) is 0 Å². The summed E-state index contributed by atoms with van der Waals surface area (Å²) in [5.41, 5.74) is 0. The van der Waals surface area contributed by atoms with Crippen molar-refractivity contribution in [3.05, 3.63) is 49.1 Å². The van der Waals surface area contributed by atoms with Crippen molar-refractivity contribution in [3.8, 4) is 23.7 Å². The number of unbranched alkanes of at least 4 members (excludes halogenated alkanes) is 4. The predicted molar refractivity (Wildman–Crippen MR) is 86.5 cm³/mol. The Labute approximate surface area is 119 Å². The lowest BCUT2D eigenvalue weighted by atomic mass is 10.2. The fourth-order valence-corrected chi connectivity index (χ4v) is 1.34. The smallest absolute Gasteiger partial charge is 0.0133 e. The SMILES string of the molecule is C=CCCCCC=CC=CC#CC#CCCC=CC. The van der Waals surface area contributed by atoms with Crippen molar-refractivity contribution in [1.29, 1.82) is 0 Å². The van der Waals surface area contributed by atoms with Crippen LogP contribution in [0.2, 0.25) is 0 Å². The Morgan fingerprint density at radius 1 is 0.947 bits per heavy atom. The van der Waals surface area contributed by atoms with E-state index >= 15 is 0 Å². The van der Waals surface area contributed by atoms with E-state index in [-0.39, 0.29) is 0 Å². The Balaban J connectivity index is 3.61. The molecule has 0 heterocycles. The van der Waals surface area contributed by atoms with E-state index < -0.39 is 0 Å². The van der Waals surface area contributed by atoms with Gasteiger partial charge in [-0.15, -0.1) is 6.58 Å². The summed E-state index contributed by atoms with van der Waals surface area (Å²) in [6, 6.07) is 0. The first-order chi connectivity index (χ1) is 9.41. The summed E-state index contributed by atoms with van der Waals surface area (Å²) in [4.78, 5) is 0. The summed E-state index contributed by atoms with van der Waals surface area (Å²) in [6.07, 6.45) is 20.7. The second kappa shape index (κ2) is 16.1. The van der Waals surface area contributed by atoms with E-state index in [0.29, 0.717) is 0 Å². The van der Waals surface area contributed by atoms with Crippen molar-refractivity contribution in [1.82, 2.24) is 0 Å².